The van der Waals surface area contributed by atoms with Crippen molar-refractivity contribution in [2.75, 3.05) is 6.54 Å². The largest absolute Gasteiger partial charge is 0.481 e. The first-order valence-electron chi connectivity index (χ1n) is 7.95. The molecule has 0 saturated carbocycles. The lowest BCUT2D eigenvalue weighted by atomic mass is 9.87. The van der Waals surface area contributed by atoms with Crippen molar-refractivity contribution in [2.24, 2.45) is 0 Å². The summed E-state index contributed by atoms with van der Waals surface area (Å²) in [4.78, 5) is 11.8. The first kappa shape index (κ1) is 15.5. The normalized spacial score (nSPS) is 18.6. The number of carbonyl (C=O) groups is 1. The molecule has 0 amide bonds. The number of rotatable bonds is 4. The standard InChI is InChI=1S/C20H21NO2/c1-14-13-16(10-11-17(14)15-7-3-2-4-8-15)19(20(22)23)18-9-5-6-12-21-18/h2-5,7-11,13,18-19,21H,6,12H2,1H3,(H,22,23)/t18-,19+/m0/s1. The Balaban J connectivity index is 1.96. The average Bonchev–Trinajstić information content (AvgIpc) is 2.57. The second kappa shape index (κ2) is 6.80. The maximum atomic E-state index is 11.8. The van der Waals surface area contributed by atoms with Gasteiger partial charge in [-0.25, -0.2) is 0 Å². The zero-order valence-electron chi connectivity index (χ0n) is 13.2. The highest BCUT2D eigenvalue weighted by Crippen LogP contribution is 2.29. The average molecular weight is 307 g/mol. The lowest BCUT2D eigenvalue weighted by molar-refractivity contribution is -0.139. The molecular formula is C20H21NO2. The van der Waals surface area contributed by atoms with Crippen LogP contribution in [-0.2, 0) is 4.79 Å². The molecule has 0 aromatic heterocycles. The van der Waals surface area contributed by atoms with Gasteiger partial charge in [-0.15, -0.1) is 0 Å². The summed E-state index contributed by atoms with van der Waals surface area (Å²) < 4.78 is 0. The van der Waals surface area contributed by atoms with Gasteiger partial charge in [-0.3, -0.25) is 4.79 Å². The van der Waals surface area contributed by atoms with E-state index < -0.39 is 11.9 Å². The summed E-state index contributed by atoms with van der Waals surface area (Å²) in [6.45, 7) is 2.86. The van der Waals surface area contributed by atoms with Gasteiger partial charge < -0.3 is 10.4 Å². The van der Waals surface area contributed by atoms with Crippen LogP contribution in [0.25, 0.3) is 11.1 Å². The molecule has 2 atom stereocenters. The monoisotopic (exact) mass is 307 g/mol. The molecule has 1 heterocycles. The maximum Gasteiger partial charge on any atom is 0.312 e. The van der Waals surface area contributed by atoms with E-state index in [9.17, 15) is 9.90 Å². The summed E-state index contributed by atoms with van der Waals surface area (Å²) in [5.74, 6) is -1.35. The quantitative estimate of drug-likeness (QED) is 0.846. The molecule has 0 radical (unpaired) electrons. The fourth-order valence-corrected chi connectivity index (χ4v) is 3.20. The molecule has 0 spiro atoms. The summed E-state index contributed by atoms with van der Waals surface area (Å²) in [5.41, 5.74) is 4.24. The summed E-state index contributed by atoms with van der Waals surface area (Å²) in [6.07, 6.45) is 4.99. The van der Waals surface area contributed by atoms with E-state index in [0.29, 0.717) is 0 Å². The summed E-state index contributed by atoms with van der Waals surface area (Å²) in [6, 6.07) is 16.0. The molecule has 3 nitrogen and oxygen atoms in total. The van der Waals surface area contributed by atoms with Crippen molar-refractivity contribution in [3.05, 3.63) is 71.8 Å². The van der Waals surface area contributed by atoms with E-state index in [0.717, 1.165) is 35.2 Å². The van der Waals surface area contributed by atoms with Crippen LogP contribution in [0, 0.1) is 6.92 Å². The van der Waals surface area contributed by atoms with E-state index >= 15 is 0 Å². The Bertz CT molecular complexity index is 722. The van der Waals surface area contributed by atoms with Crippen LogP contribution in [0.5, 0.6) is 0 Å². The minimum atomic E-state index is -0.791. The van der Waals surface area contributed by atoms with Crippen LogP contribution in [0.1, 0.15) is 23.5 Å². The highest BCUT2D eigenvalue weighted by molar-refractivity contribution is 5.78. The van der Waals surface area contributed by atoms with Crippen molar-refractivity contribution in [1.82, 2.24) is 5.32 Å². The van der Waals surface area contributed by atoms with Gasteiger partial charge in [0.25, 0.3) is 0 Å². The lowest BCUT2D eigenvalue weighted by Gasteiger charge is -2.25. The first-order chi connectivity index (χ1) is 11.2. The number of carboxylic acid groups (broad SMARTS) is 1. The number of aliphatic carboxylic acids is 1. The van der Waals surface area contributed by atoms with Crippen LogP contribution >= 0.6 is 0 Å². The molecule has 1 aliphatic heterocycles. The second-order valence-corrected chi connectivity index (χ2v) is 5.95. The molecule has 0 bridgehead atoms. The molecule has 118 valence electrons. The third-order valence-corrected chi connectivity index (χ3v) is 4.35. The minimum Gasteiger partial charge on any atom is -0.481 e. The third-order valence-electron chi connectivity index (χ3n) is 4.35. The van der Waals surface area contributed by atoms with Crippen molar-refractivity contribution in [1.29, 1.82) is 0 Å². The van der Waals surface area contributed by atoms with Gasteiger partial charge in [0.1, 0.15) is 5.92 Å². The van der Waals surface area contributed by atoms with E-state index in [2.05, 4.69) is 23.5 Å². The highest BCUT2D eigenvalue weighted by atomic mass is 16.4. The summed E-state index contributed by atoms with van der Waals surface area (Å²) >= 11 is 0. The summed E-state index contributed by atoms with van der Waals surface area (Å²) in [7, 11) is 0. The molecule has 2 N–H and O–H groups in total. The number of carboxylic acids is 1. The molecule has 3 rings (SSSR count). The molecular weight excluding hydrogens is 286 g/mol. The zero-order chi connectivity index (χ0) is 16.2. The molecule has 2 aromatic carbocycles. The van der Waals surface area contributed by atoms with Gasteiger partial charge in [-0.1, -0.05) is 60.7 Å². The predicted molar refractivity (Wildman–Crippen MR) is 92.5 cm³/mol. The topological polar surface area (TPSA) is 49.3 Å². The minimum absolute atomic E-state index is 0.150. The molecule has 1 aliphatic rings. The van der Waals surface area contributed by atoms with Crippen LogP contribution in [0.15, 0.2) is 60.7 Å². The highest BCUT2D eigenvalue weighted by Gasteiger charge is 2.29. The number of benzene rings is 2. The van der Waals surface area contributed by atoms with E-state index in [1.807, 2.05) is 49.4 Å². The zero-order valence-corrected chi connectivity index (χ0v) is 13.2. The number of hydrogen-bond acceptors (Lipinski definition) is 2. The van der Waals surface area contributed by atoms with Gasteiger partial charge in [-0.05, 0) is 42.1 Å². The van der Waals surface area contributed by atoms with Gasteiger partial charge in [-0.2, -0.15) is 0 Å². The fourth-order valence-electron chi connectivity index (χ4n) is 3.20. The Labute approximate surface area is 136 Å². The Kier molecular flexibility index (Phi) is 4.58. The SMILES string of the molecule is Cc1cc([C@@H](C(=O)O)[C@@H]2C=CCCN2)ccc1-c1ccccc1. The number of aryl methyl sites for hydroxylation is 1. The molecule has 2 aromatic rings. The maximum absolute atomic E-state index is 11.8. The van der Waals surface area contributed by atoms with Gasteiger partial charge in [0.05, 0.1) is 0 Å². The van der Waals surface area contributed by atoms with Gasteiger partial charge in [0.2, 0.25) is 0 Å². The Morgan fingerprint density at radius 3 is 2.61 bits per heavy atom. The molecule has 0 unspecified atom stereocenters. The van der Waals surface area contributed by atoms with Crippen molar-refractivity contribution >= 4 is 5.97 Å². The van der Waals surface area contributed by atoms with Crippen LogP contribution in [0.3, 0.4) is 0 Å². The van der Waals surface area contributed by atoms with Crippen molar-refractivity contribution < 1.29 is 9.90 Å². The third kappa shape index (κ3) is 3.35. The van der Waals surface area contributed by atoms with Crippen LogP contribution in [0.2, 0.25) is 0 Å². The van der Waals surface area contributed by atoms with E-state index in [1.165, 1.54) is 0 Å². The van der Waals surface area contributed by atoms with Crippen molar-refractivity contribution in [3.8, 4) is 11.1 Å². The number of hydrogen-bond donors (Lipinski definition) is 2. The van der Waals surface area contributed by atoms with E-state index in [4.69, 9.17) is 0 Å². The molecule has 0 saturated heterocycles. The van der Waals surface area contributed by atoms with Gasteiger partial charge in [0, 0.05) is 6.04 Å². The molecule has 3 heteroatoms. The first-order valence-corrected chi connectivity index (χ1v) is 7.95. The van der Waals surface area contributed by atoms with E-state index in [-0.39, 0.29) is 6.04 Å². The van der Waals surface area contributed by atoms with Gasteiger partial charge in [0.15, 0.2) is 0 Å². The van der Waals surface area contributed by atoms with Crippen LogP contribution < -0.4 is 5.32 Å². The fraction of sp³-hybridized carbons (Fsp3) is 0.250. The van der Waals surface area contributed by atoms with Gasteiger partial charge >= 0.3 is 5.97 Å². The van der Waals surface area contributed by atoms with Crippen molar-refractivity contribution in [2.45, 2.75) is 25.3 Å². The Morgan fingerprint density at radius 2 is 2.00 bits per heavy atom. The molecule has 23 heavy (non-hydrogen) atoms. The van der Waals surface area contributed by atoms with Crippen LogP contribution in [-0.4, -0.2) is 23.7 Å². The smallest absolute Gasteiger partial charge is 0.312 e. The van der Waals surface area contributed by atoms with Crippen molar-refractivity contribution in [3.63, 3.8) is 0 Å². The second-order valence-electron chi connectivity index (χ2n) is 5.95. The molecule has 0 fully saturated rings. The summed E-state index contributed by atoms with van der Waals surface area (Å²) in [5, 5.41) is 13.0. The Morgan fingerprint density at radius 1 is 1.22 bits per heavy atom. The predicted octanol–water partition coefficient (Wildman–Crippen LogP) is 3.75. The molecule has 0 aliphatic carbocycles. The lowest BCUT2D eigenvalue weighted by Crippen LogP contribution is -2.39. The Hall–Kier alpha value is -2.39. The van der Waals surface area contributed by atoms with E-state index in [1.54, 1.807) is 0 Å². The number of nitrogens with one attached hydrogen (secondary N) is 1. The van der Waals surface area contributed by atoms with Crippen LogP contribution in [0.4, 0.5) is 0 Å².